The van der Waals surface area contributed by atoms with E-state index in [4.69, 9.17) is 30.5 Å². The van der Waals surface area contributed by atoms with Crippen LogP contribution in [0.2, 0.25) is 5.02 Å². The lowest BCUT2D eigenvalue weighted by Crippen LogP contribution is -2.50. The molecule has 2 fully saturated rings. The number of carbonyl (C=O) groups excluding carboxylic acids is 2. The molecule has 1 saturated heterocycles. The van der Waals surface area contributed by atoms with E-state index in [0.29, 0.717) is 49.4 Å². The van der Waals surface area contributed by atoms with Gasteiger partial charge in [-0.05, 0) is 106 Å². The Morgan fingerprint density at radius 1 is 1.16 bits per heavy atom. The molecule has 2 aromatic rings. The van der Waals surface area contributed by atoms with Gasteiger partial charge in [-0.3, -0.25) is 9.59 Å². The quantitative estimate of drug-likeness (QED) is 0.443. The van der Waals surface area contributed by atoms with Crippen LogP contribution >= 0.6 is 11.6 Å². The minimum Gasteiger partial charge on any atom is -0.490 e. The zero-order chi connectivity index (χ0) is 35.1. The fourth-order valence-electron chi connectivity index (χ4n) is 8.03. The number of nitrogens with zero attached hydrogens (tertiary/aromatic N) is 1. The molecule has 2 aliphatic carbocycles. The highest BCUT2D eigenvalue weighted by atomic mass is 35.5. The third-order valence-electron chi connectivity index (χ3n) is 11.0. The molecule has 7 rings (SSSR count). The molecule has 270 valence electrons. The van der Waals surface area contributed by atoms with Crippen molar-refractivity contribution >= 4 is 39.1 Å². The number of hydrogen-bond donors (Lipinski definition) is 2. The van der Waals surface area contributed by atoms with Crippen molar-refractivity contribution in [2.24, 2.45) is 11.8 Å². The summed E-state index contributed by atoms with van der Waals surface area (Å²) in [5, 5.41) is 3.71. The van der Waals surface area contributed by atoms with Crippen LogP contribution in [0.25, 0.3) is 0 Å². The molecule has 11 nitrogen and oxygen atoms in total. The Balaban J connectivity index is 1.24. The first-order valence-electron chi connectivity index (χ1n) is 17.6. The Morgan fingerprint density at radius 3 is 2.80 bits per heavy atom. The Labute approximate surface area is 299 Å². The van der Waals surface area contributed by atoms with Gasteiger partial charge >= 0.3 is 0 Å². The third-order valence-corrected chi connectivity index (χ3v) is 12.6. The summed E-state index contributed by atoms with van der Waals surface area (Å²) in [5.74, 6) is -0.0779. The molecule has 2 N–H and O–H groups in total. The maximum atomic E-state index is 13.6. The first-order chi connectivity index (χ1) is 23.9. The molecule has 0 aromatic heterocycles. The van der Waals surface area contributed by atoms with E-state index in [1.807, 2.05) is 12.1 Å². The Bertz CT molecular complexity index is 1760. The summed E-state index contributed by atoms with van der Waals surface area (Å²) in [7, 11) is -4.23. The highest BCUT2D eigenvalue weighted by Gasteiger charge is 2.45. The molecule has 1 spiro atoms. The zero-order valence-corrected chi connectivity index (χ0v) is 30.2. The summed E-state index contributed by atoms with van der Waals surface area (Å²) in [4.78, 5) is 28.4. The average Bonchev–Trinajstić information content (AvgIpc) is 3.52. The van der Waals surface area contributed by atoms with Gasteiger partial charge < -0.3 is 29.2 Å². The van der Waals surface area contributed by atoms with Gasteiger partial charge in [0, 0.05) is 30.1 Å². The van der Waals surface area contributed by atoms with Crippen LogP contribution in [0.5, 0.6) is 5.75 Å². The van der Waals surface area contributed by atoms with Crippen molar-refractivity contribution in [3.63, 3.8) is 0 Å². The lowest BCUT2D eigenvalue weighted by molar-refractivity contribution is -0.139. The van der Waals surface area contributed by atoms with Crippen molar-refractivity contribution in [3.05, 3.63) is 64.7 Å². The van der Waals surface area contributed by atoms with Crippen molar-refractivity contribution < 1.29 is 37.0 Å². The van der Waals surface area contributed by atoms with Crippen LogP contribution in [0.15, 0.2) is 53.4 Å². The fourth-order valence-corrected chi connectivity index (χ4v) is 9.34. The van der Waals surface area contributed by atoms with E-state index in [9.17, 15) is 18.0 Å². The average molecular weight is 728 g/mol. The molecule has 5 aliphatic rings. The van der Waals surface area contributed by atoms with Gasteiger partial charge in [-0.15, -0.1) is 0 Å². The molecule has 2 amide bonds. The summed E-state index contributed by atoms with van der Waals surface area (Å²) < 4.78 is 53.7. The van der Waals surface area contributed by atoms with E-state index in [2.05, 4.69) is 27.1 Å². The summed E-state index contributed by atoms with van der Waals surface area (Å²) in [6.07, 6.45) is 8.80. The Morgan fingerprint density at radius 2 is 2.02 bits per heavy atom. The molecular formula is C37H46ClN3O8S. The topological polar surface area (TPSA) is 132 Å². The highest BCUT2D eigenvalue weighted by Crippen LogP contribution is 2.47. The number of sulfonamides is 1. The Kier molecular flexibility index (Phi) is 9.94. The van der Waals surface area contributed by atoms with Gasteiger partial charge in [0.05, 0.1) is 42.5 Å². The van der Waals surface area contributed by atoms with Crippen molar-refractivity contribution in [2.45, 2.75) is 80.4 Å². The zero-order valence-electron chi connectivity index (χ0n) is 28.6. The monoisotopic (exact) mass is 727 g/mol. The number of nitrogens with one attached hydrogen (secondary N) is 2. The van der Waals surface area contributed by atoms with Gasteiger partial charge in [-0.2, -0.15) is 0 Å². The van der Waals surface area contributed by atoms with E-state index in [1.54, 1.807) is 18.2 Å². The van der Waals surface area contributed by atoms with E-state index in [1.165, 1.54) is 31.0 Å². The van der Waals surface area contributed by atoms with Gasteiger partial charge in [0.25, 0.3) is 15.9 Å². The van der Waals surface area contributed by atoms with E-state index in [-0.39, 0.29) is 53.4 Å². The summed E-state index contributed by atoms with van der Waals surface area (Å²) in [6, 6.07) is 10.9. The number of benzene rings is 2. The van der Waals surface area contributed by atoms with Crippen LogP contribution in [0.3, 0.4) is 0 Å². The number of anilines is 1. The molecule has 2 aromatic carbocycles. The van der Waals surface area contributed by atoms with Gasteiger partial charge in [0.15, 0.2) is 0 Å². The maximum absolute atomic E-state index is 13.6. The molecule has 1 saturated carbocycles. The van der Waals surface area contributed by atoms with Gasteiger partial charge in [-0.1, -0.05) is 29.8 Å². The molecule has 3 heterocycles. The molecule has 5 atom stereocenters. The number of carbonyl (C=O) groups is 2. The predicted molar refractivity (Wildman–Crippen MR) is 188 cm³/mol. The van der Waals surface area contributed by atoms with Gasteiger partial charge in [0.1, 0.15) is 18.0 Å². The van der Waals surface area contributed by atoms with E-state index < -0.39 is 21.5 Å². The summed E-state index contributed by atoms with van der Waals surface area (Å²) >= 11 is 6.44. The van der Waals surface area contributed by atoms with Crippen LogP contribution in [-0.2, 0) is 45.7 Å². The molecule has 2 bridgehead atoms. The number of hydrogen-bond acceptors (Lipinski definition) is 9. The normalized spacial score (nSPS) is 30.2. The van der Waals surface area contributed by atoms with Gasteiger partial charge in [-0.25, -0.2) is 13.1 Å². The number of aryl methyl sites for hydroxylation is 1. The van der Waals surface area contributed by atoms with E-state index in [0.717, 1.165) is 38.5 Å². The minimum absolute atomic E-state index is 0.0100. The third kappa shape index (κ3) is 7.27. The van der Waals surface area contributed by atoms with E-state index >= 15 is 0 Å². The van der Waals surface area contributed by atoms with Crippen LogP contribution in [-0.4, -0.2) is 84.1 Å². The van der Waals surface area contributed by atoms with Gasteiger partial charge in [0.2, 0.25) is 5.91 Å². The molecule has 50 heavy (non-hydrogen) atoms. The molecule has 0 radical (unpaired) electrons. The van der Waals surface area contributed by atoms with Crippen LogP contribution < -0.4 is 19.7 Å². The molecule has 13 heteroatoms. The second-order valence-corrected chi connectivity index (χ2v) is 16.9. The SMILES string of the molecule is CC1(C)OCC=C[C@H](OCC(=O)N[C@@H]2CCOC2)[C@@H]2CC[C@H]2CN2C[C@@]3(CCCc4cc(Cl)ccc43)COc3ccc(cc32)S(=O)(=O)NC1=O. The summed E-state index contributed by atoms with van der Waals surface area (Å²) in [6.45, 7) is 5.84. The fraction of sp³-hybridized carbons (Fsp3) is 0.568. The van der Waals surface area contributed by atoms with Crippen LogP contribution in [0.4, 0.5) is 5.69 Å². The predicted octanol–water partition coefficient (Wildman–Crippen LogP) is 4.30. The van der Waals surface area contributed by atoms with Crippen molar-refractivity contribution in [1.29, 1.82) is 0 Å². The smallest absolute Gasteiger partial charge is 0.265 e. The van der Waals surface area contributed by atoms with Crippen molar-refractivity contribution in [1.82, 2.24) is 10.0 Å². The lowest BCUT2D eigenvalue weighted by atomic mass is 9.68. The largest absolute Gasteiger partial charge is 0.490 e. The van der Waals surface area contributed by atoms with Crippen molar-refractivity contribution in [2.75, 3.05) is 51.0 Å². The standard InChI is InChI=1S/C37H46ClN3O8S/c1-36(2)35(43)40-50(44,45)28-9-12-33-31(18-28)41(22-37(23-48-33)14-3-5-24-17-26(38)8-11-30(24)37)19-25-7-10-29(25)32(6-4-15-49-36)47-21-34(42)39-27-13-16-46-20-27/h4,6,8-9,11-12,17-18,25,27,29,32H,3,5,7,10,13-16,19-23H2,1-2H3,(H,39,42)(H,40,43)/t25-,27+,29+,32-,37-/m0/s1. The first-order valence-corrected chi connectivity index (χ1v) is 19.5. The summed E-state index contributed by atoms with van der Waals surface area (Å²) in [5.41, 5.74) is 1.30. The second kappa shape index (κ2) is 14.1. The number of fused-ring (bicyclic) bond motifs is 4. The molecule has 0 unspecified atom stereocenters. The Hall–Kier alpha value is -3.16. The maximum Gasteiger partial charge on any atom is 0.265 e. The number of amides is 2. The highest BCUT2D eigenvalue weighted by molar-refractivity contribution is 7.90. The molecule has 3 aliphatic heterocycles. The van der Waals surface area contributed by atoms with Crippen LogP contribution in [0.1, 0.15) is 57.1 Å². The first kappa shape index (κ1) is 35.3. The van der Waals surface area contributed by atoms with Crippen LogP contribution in [0, 0.1) is 11.8 Å². The molecular weight excluding hydrogens is 682 g/mol. The number of ether oxygens (including phenoxy) is 4. The number of halogens is 1. The second-order valence-electron chi connectivity index (χ2n) is 14.8. The van der Waals surface area contributed by atoms with Crippen molar-refractivity contribution in [3.8, 4) is 5.75 Å². The minimum atomic E-state index is -4.23. The number of rotatable bonds is 4. The lowest BCUT2D eigenvalue weighted by Gasteiger charge is -2.46.